The van der Waals surface area contributed by atoms with Crippen LogP contribution in [0.5, 0.6) is 5.75 Å². The number of amides is 1. The Kier molecular flexibility index (Phi) is 3.69. The fourth-order valence-electron chi connectivity index (χ4n) is 2.98. The smallest absolute Gasteiger partial charge is 0.251 e. The van der Waals surface area contributed by atoms with Crippen LogP contribution in [0.2, 0.25) is 0 Å². The Morgan fingerprint density at radius 3 is 3.04 bits per heavy atom. The molecule has 1 aromatic heterocycles. The number of carbonyl (C=O) groups excluding carboxylic acids is 1. The van der Waals surface area contributed by atoms with Gasteiger partial charge in [0.15, 0.2) is 11.5 Å². The molecule has 0 bridgehead atoms. The number of nitrogens with one attached hydrogen (secondary N) is 1. The van der Waals surface area contributed by atoms with Gasteiger partial charge in [-0.2, -0.15) is 0 Å². The Labute approximate surface area is 139 Å². The molecule has 1 unspecified atom stereocenters. The number of rotatable bonds is 4. The van der Waals surface area contributed by atoms with Gasteiger partial charge in [0, 0.05) is 24.9 Å². The van der Waals surface area contributed by atoms with E-state index in [2.05, 4.69) is 10.3 Å². The van der Waals surface area contributed by atoms with E-state index in [9.17, 15) is 4.79 Å². The molecule has 24 heavy (non-hydrogen) atoms. The minimum absolute atomic E-state index is 0.0894. The first-order valence-corrected chi connectivity index (χ1v) is 8.11. The zero-order chi connectivity index (χ0) is 16.5. The van der Waals surface area contributed by atoms with Crippen LogP contribution in [0.1, 0.15) is 28.7 Å². The van der Waals surface area contributed by atoms with Crippen molar-refractivity contribution in [1.82, 2.24) is 10.3 Å². The number of aromatic nitrogens is 1. The van der Waals surface area contributed by atoms with Gasteiger partial charge in [-0.25, -0.2) is 4.98 Å². The average Bonchev–Trinajstić information content (AvgIpc) is 3.15. The first-order valence-electron chi connectivity index (χ1n) is 8.11. The van der Waals surface area contributed by atoms with E-state index in [1.54, 1.807) is 6.07 Å². The summed E-state index contributed by atoms with van der Waals surface area (Å²) >= 11 is 0. The predicted octanol–water partition coefficient (Wildman–Crippen LogP) is 3.12. The van der Waals surface area contributed by atoms with Crippen LogP contribution in [-0.2, 0) is 12.8 Å². The summed E-state index contributed by atoms with van der Waals surface area (Å²) in [6.07, 6.45) is 1.59. The number of ether oxygens (including phenoxy) is 1. The van der Waals surface area contributed by atoms with E-state index >= 15 is 0 Å². The Morgan fingerprint density at radius 2 is 2.17 bits per heavy atom. The molecule has 0 aliphatic carbocycles. The van der Waals surface area contributed by atoms with Crippen molar-refractivity contribution in [2.24, 2.45) is 0 Å². The van der Waals surface area contributed by atoms with Crippen LogP contribution in [0.3, 0.4) is 0 Å². The quantitative estimate of drug-likeness (QED) is 0.801. The second-order valence-corrected chi connectivity index (χ2v) is 6.04. The molecular weight excluding hydrogens is 304 g/mol. The summed E-state index contributed by atoms with van der Waals surface area (Å²) in [6.45, 7) is 2.51. The lowest BCUT2D eigenvalue weighted by molar-refractivity contribution is 0.0953. The summed E-state index contributed by atoms with van der Waals surface area (Å²) in [4.78, 5) is 16.7. The van der Waals surface area contributed by atoms with Gasteiger partial charge in [0.05, 0.1) is 0 Å². The third-order valence-corrected chi connectivity index (χ3v) is 4.12. The standard InChI is InChI=1S/C19H18N2O3/c1-12-10-14-11-13(6-7-16(14)23-12)19(22)20-9-8-18-21-15-4-2-3-5-17(15)24-18/h2-7,11-12H,8-10H2,1H3,(H,20,22). The van der Waals surface area contributed by atoms with Crippen LogP contribution < -0.4 is 10.1 Å². The van der Waals surface area contributed by atoms with Gasteiger partial charge in [0.2, 0.25) is 0 Å². The molecule has 2 heterocycles. The Morgan fingerprint density at radius 1 is 1.29 bits per heavy atom. The molecule has 4 rings (SSSR count). The summed E-state index contributed by atoms with van der Waals surface area (Å²) in [6, 6.07) is 13.2. The molecule has 5 heteroatoms. The van der Waals surface area contributed by atoms with Crippen LogP contribution in [0.4, 0.5) is 0 Å². The van der Waals surface area contributed by atoms with E-state index in [0.29, 0.717) is 24.4 Å². The van der Waals surface area contributed by atoms with Crippen LogP contribution in [0.25, 0.3) is 11.1 Å². The molecule has 0 spiro atoms. The van der Waals surface area contributed by atoms with E-state index in [0.717, 1.165) is 28.8 Å². The summed E-state index contributed by atoms with van der Waals surface area (Å²) in [5, 5.41) is 2.91. The van der Waals surface area contributed by atoms with Crippen molar-refractivity contribution in [3.05, 3.63) is 59.5 Å². The molecule has 0 saturated heterocycles. The van der Waals surface area contributed by atoms with Gasteiger partial charge in [-0.3, -0.25) is 4.79 Å². The number of benzene rings is 2. The topological polar surface area (TPSA) is 64.4 Å². The largest absolute Gasteiger partial charge is 0.490 e. The Hall–Kier alpha value is -2.82. The fourth-order valence-corrected chi connectivity index (χ4v) is 2.98. The molecule has 1 N–H and O–H groups in total. The molecule has 0 radical (unpaired) electrons. The molecule has 5 nitrogen and oxygen atoms in total. The summed E-state index contributed by atoms with van der Waals surface area (Å²) in [5.41, 5.74) is 3.36. The number of carbonyl (C=O) groups is 1. The van der Waals surface area contributed by atoms with Crippen LogP contribution in [0.15, 0.2) is 46.9 Å². The summed E-state index contributed by atoms with van der Waals surface area (Å²) < 4.78 is 11.3. The minimum Gasteiger partial charge on any atom is -0.490 e. The van der Waals surface area contributed by atoms with E-state index in [1.165, 1.54) is 0 Å². The molecule has 1 amide bonds. The molecule has 122 valence electrons. The molecule has 1 atom stereocenters. The highest BCUT2D eigenvalue weighted by molar-refractivity contribution is 5.94. The second-order valence-electron chi connectivity index (χ2n) is 6.04. The van der Waals surface area contributed by atoms with E-state index in [4.69, 9.17) is 9.15 Å². The van der Waals surface area contributed by atoms with Gasteiger partial charge in [0.25, 0.3) is 5.91 Å². The van der Waals surface area contributed by atoms with E-state index in [1.807, 2.05) is 43.3 Å². The highest BCUT2D eigenvalue weighted by Gasteiger charge is 2.20. The van der Waals surface area contributed by atoms with E-state index in [-0.39, 0.29) is 12.0 Å². The van der Waals surface area contributed by atoms with Crippen LogP contribution >= 0.6 is 0 Å². The van der Waals surface area contributed by atoms with Crippen molar-refractivity contribution >= 4 is 17.0 Å². The fraction of sp³-hybridized carbons (Fsp3) is 0.263. The number of para-hydroxylation sites is 2. The zero-order valence-electron chi connectivity index (χ0n) is 13.4. The number of hydrogen-bond acceptors (Lipinski definition) is 4. The summed E-state index contributed by atoms with van der Waals surface area (Å²) in [7, 11) is 0. The van der Waals surface area contributed by atoms with Gasteiger partial charge < -0.3 is 14.5 Å². The van der Waals surface area contributed by atoms with E-state index < -0.39 is 0 Å². The SMILES string of the molecule is CC1Cc2cc(C(=O)NCCc3nc4ccccc4o3)ccc2O1. The van der Waals surface area contributed by atoms with Crippen LogP contribution in [-0.4, -0.2) is 23.5 Å². The zero-order valence-corrected chi connectivity index (χ0v) is 13.4. The lowest BCUT2D eigenvalue weighted by Gasteiger charge is -2.05. The predicted molar refractivity (Wildman–Crippen MR) is 90.3 cm³/mol. The Bertz CT molecular complexity index is 868. The van der Waals surface area contributed by atoms with Gasteiger partial charge in [-0.1, -0.05) is 12.1 Å². The molecule has 2 aromatic carbocycles. The molecule has 0 fully saturated rings. The number of hydrogen-bond donors (Lipinski definition) is 1. The van der Waals surface area contributed by atoms with Crippen molar-refractivity contribution in [3.8, 4) is 5.75 Å². The average molecular weight is 322 g/mol. The van der Waals surface area contributed by atoms with Crippen molar-refractivity contribution in [1.29, 1.82) is 0 Å². The second kappa shape index (κ2) is 6.00. The number of nitrogens with zero attached hydrogens (tertiary/aromatic N) is 1. The normalized spacial score (nSPS) is 16.0. The minimum atomic E-state index is -0.0894. The van der Waals surface area contributed by atoms with Crippen molar-refractivity contribution in [3.63, 3.8) is 0 Å². The molecule has 1 aliphatic rings. The first kappa shape index (κ1) is 14.8. The molecule has 3 aromatic rings. The maximum Gasteiger partial charge on any atom is 0.251 e. The maximum atomic E-state index is 12.3. The van der Waals surface area contributed by atoms with Gasteiger partial charge in [-0.05, 0) is 42.8 Å². The monoisotopic (exact) mass is 322 g/mol. The number of oxazole rings is 1. The lowest BCUT2D eigenvalue weighted by atomic mass is 10.1. The number of fused-ring (bicyclic) bond motifs is 2. The highest BCUT2D eigenvalue weighted by Crippen LogP contribution is 2.29. The highest BCUT2D eigenvalue weighted by atomic mass is 16.5. The summed E-state index contributed by atoms with van der Waals surface area (Å²) in [5.74, 6) is 1.42. The first-order chi connectivity index (χ1) is 11.7. The third kappa shape index (κ3) is 2.85. The third-order valence-electron chi connectivity index (χ3n) is 4.12. The van der Waals surface area contributed by atoms with Gasteiger partial charge in [-0.15, -0.1) is 0 Å². The molecule has 0 saturated carbocycles. The van der Waals surface area contributed by atoms with Gasteiger partial charge >= 0.3 is 0 Å². The molecular formula is C19H18N2O3. The Balaban J connectivity index is 1.37. The van der Waals surface area contributed by atoms with Gasteiger partial charge in [0.1, 0.15) is 17.4 Å². The van der Waals surface area contributed by atoms with Crippen LogP contribution in [0, 0.1) is 0 Å². The van der Waals surface area contributed by atoms with Crippen molar-refractivity contribution < 1.29 is 13.9 Å². The lowest BCUT2D eigenvalue weighted by Crippen LogP contribution is -2.25. The van der Waals surface area contributed by atoms with Crippen molar-refractivity contribution in [2.45, 2.75) is 25.9 Å². The van der Waals surface area contributed by atoms with Crippen molar-refractivity contribution in [2.75, 3.05) is 6.54 Å². The maximum absolute atomic E-state index is 12.3. The molecule has 1 aliphatic heterocycles.